The Labute approximate surface area is 108 Å². The third kappa shape index (κ3) is 2.56. The predicted molar refractivity (Wildman–Crippen MR) is 70.7 cm³/mol. The van der Waals surface area contributed by atoms with Gasteiger partial charge in [-0.2, -0.15) is 5.26 Å². The van der Waals surface area contributed by atoms with Gasteiger partial charge in [-0.1, -0.05) is 25.4 Å². The molecule has 0 saturated carbocycles. The lowest BCUT2D eigenvalue weighted by Crippen LogP contribution is -2.09. The van der Waals surface area contributed by atoms with Crippen LogP contribution in [0.1, 0.15) is 36.5 Å². The van der Waals surface area contributed by atoms with Crippen molar-refractivity contribution in [3.8, 4) is 11.8 Å². The number of rotatable bonds is 3. The van der Waals surface area contributed by atoms with E-state index in [1.807, 2.05) is 33.8 Å². The van der Waals surface area contributed by atoms with Crippen LogP contribution < -0.4 is 4.74 Å². The Morgan fingerprint density at radius 3 is 2.35 bits per heavy atom. The van der Waals surface area contributed by atoms with E-state index in [0.29, 0.717) is 0 Å². The van der Waals surface area contributed by atoms with Crippen LogP contribution in [0.5, 0.6) is 5.75 Å². The van der Waals surface area contributed by atoms with Gasteiger partial charge in [0.25, 0.3) is 0 Å². The molecular weight excluding hydrogens is 234 g/mol. The van der Waals surface area contributed by atoms with Gasteiger partial charge in [0, 0.05) is 10.6 Å². The molecule has 1 aromatic carbocycles. The molecule has 0 bridgehead atoms. The molecule has 1 aromatic rings. The topological polar surface area (TPSA) is 33.0 Å². The first-order valence-electron chi connectivity index (χ1n) is 5.67. The molecule has 17 heavy (non-hydrogen) atoms. The maximum absolute atomic E-state index is 9.31. The maximum Gasteiger partial charge on any atom is 0.124 e. The van der Waals surface area contributed by atoms with Crippen LogP contribution >= 0.6 is 11.6 Å². The summed E-state index contributed by atoms with van der Waals surface area (Å²) in [4.78, 5) is 0. The molecule has 0 amide bonds. The van der Waals surface area contributed by atoms with Gasteiger partial charge in [0.2, 0.25) is 0 Å². The van der Waals surface area contributed by atoms with Crippen LogP contribution in [0.2, 0.25) is 5.02 Å². The van der Waals surface area contributed by atoms with E-state index in [2.05, 4.69) is 6.07 Å². The molecule has 0 aliphatic rings. The monoisotopic (exact) mass is 251 g/mol. The Bertz CT molecular complexity index is 460. The van der Waals surface area contributed by atoms with Crippen LogP contribution in [0.3, 0.4) is 0 Å². The average Bonchev–Trinajstić information content (AvgIpc) is 2.29. The van der Waals surface area contributed by atoms with E-state index in [1.54, 1.807) is 7.11 Å². The van der Waals surface area contributed by atoms with Crippen molar-refractivity contribution >= 4 is 11.6 Å². The zero-order chi connectivity index (χ0) is 13.2. The number of aryl methyl sites for hydroxylation is 1. The highest BCUT2D eigenvalue weighted by Crippen LogP contribution is 2.38. The highest BCUT2D eigenvalue weighted by Gasteiger charge is 2.23. The van der Waals surface area contributed by atoms with E-state index in [4.69, 9.17) is 16.3 Å². The number of benzene rings is 1. The molecule has 1 unspecified atom stereocenters. The Morgan fingerprint density at radius 1 is 1.35 bits per heavy atom. The predicted octanol–water partition coefficient (Wildman–Crippen LogP) is 4.23. The van der Waals surface area contributed by atoms with Crippen LogP contribution in [-0.4, -0.2) is 7.11 Å². The Morgan fingerprint density at radius 2 is 1.94 bits per heavy atom. The lowest BCUT2D eigenvalue weighted by Gasteiger charge is -2.21. The lowest BCUT2D eigenvalue weighted by molar-refractivity contribution is 0.402. The first-order valence-corrected chi connectivity index (χ1v) is 6.05. The molecule has 0 saturated heterocycles. The minimum atomic E-state index is -0.192. The van der Waals surface area contributed by atoms with Crippen molar-refractivity contribution < 1.29 is 4.74 Å². The fraction of sp³-hybridized carbons (Fsp3) is 0.500. The molecule has 0 aromatic heterocycles. The molecule has 0 spiro atoms. The summed E-state index contributed by atoms with van der Waals surface area (Å²) >= 11 is 6.25. The standard InChI is InChI=1S/C14H18ClNO/c1-8(2)11(7-16)13-10(4)14(15)9(3)6-12(13)17-5/h6,8,11H,1-5H3. The molecule has 0 heterocycles. The molecule has 2 nitrogen and oxygen atoms in total. The molecule has 0 aliphatic carbocycles. The van der Waals surface area contributed by atoms with Gasteiger partial charge in [-0.25, -0.2) is 0 Å². The SMILES string of the molecule is COc1cc(C)c(Cl)c(C)c1C(C#N)C(C)C. The second kappa shape index (κ2) is 5.42. The fourth-order valence-corrected chi connectivity index (χ4v) is 2.20. The van der Waals surface area contributed by atoms with E-state index >= 15 is 0 Å². The number of hydrogen-bond acceptors (Lipinski definition) is 2. The minimum Gasteiger partial charge on any atom is -0.496 e. The Balaban J connectivity index is 3.51. The summed E-state index contributed by atoms with van der Waals surface area (Å²) < 4.78 is 5.39. The third-order valence-corrected chi connectivity index (χ3v) is 3.61. The Hall–Kier alpha value is -1.20. The fourth-order valence-electron chi connectivity index (χ4n) is 2.04. The summed E-state index contributed by atoms with van der Waals surface area (Å²) in [6.07, 6.45) is 0. The summed E-state index contributed by atoms with van der Waals surface area (Å²) in [5, 5.41) is 10.0. The summed E-state index contributed by atoms with van der Waals surface area (Å²) in [7, 11) is 1.63. The summed E-state index contributed by atoms with van der Waals surface area (Å²) in [6, 6.07) is 4.24. The number of hydrogen-bond donors (Lipinski definition) is 0. The smallest absolute Gasteiger partial charge is 0.124 e. The summed E-state index contributed by atoms with van der Waals surface area (Å²) in [5.41, 5.74) is 2.84. The van der Waals surface area contributed by atoms with Gasteiger partial charge < -0.3 is 4.74 Å². The van der Waals surface area contributed by atoms with E-state index in [9.17, 15) is 5.26 Å². The quantitative estimate of drug-likeness (QED) is 0.806. The van der Waals surface area contributed by atoms with Crippen molar-refractivity contribution in [2.24, 2.45) is 5.92 Å². The van der Waals surface area contributed by atoms with Crippen LogP contribution in [0.15, 0.2) is 6.07 Å². The number of nitriles is 1. The minimum absolute atomic E-state index is 0.192. The third-order valence-electron chi connectivity index (χ3n) is 3.03. The first-order chi connectivity index (χ1) is 7.93. The van der Waals surface area contributed by atoms with E-state index in [-0.39, 0.29) is 11.8 Å². The normalized spacial score (nSPS) is 12.4. The molecule has 1 rings (SSSR count). The highest BCUT2D eigenvalue weighted by molar-refractivity contribution is 6.32. The van der Waals surface area contributed by atoms with E-state index in [1.165, 1.54) is 0 Å². The zero-order valence-electron chi connectivity index (χ0n) is 11.0. The lowest BCUT2D eigenvalue weighted by atomic mass is 9.85. The van der Waals surface area contributed by atoms with Crippen molar-refractivity contribution in [3.05, 3.63) is 27.8 Å². The van der Waals surface area contributed by atoms with Gasteiger partial charge in [0.15, 0.2) is 0 Å². The van der Waals surface area contributed by atoms with Gasteiger partial charge >= 0.3 is 0 Å². The van der Waals surface area contributed by atoms with Crippen LogP contribution in [0.25, 0.3) is 0 Å². The van der Waals surface area contributed by atoms with Crippen LogP contribution in [-0.2, 0) is 0 Å². The van der Waals surface area contributed by atoms with Crippen molar-refractivity contribution in [1.29, 1.82) is 5.26 Å². The zero-order valence-corrected chi connectivity index (χ0v) is 11.7. The molecule has 0 N–H and O–H groups in total. The second-order valence-electron chi connectivity index (χ2n) is 4.60. The van der Waals surface area contributed by atoms with Crippen LogP contribution in [0, 0.1) is 31.1 Å². The van der Waals surface area contributed by atoms with E-state index in [0.717, 1.165) is 27.5 Å². The highest BCUT2D eigenvalue weighted by atomic mass is 35.5. The summed E-state index contributed by atoms with van der Waals surface area (Å²) in [6.45, 7) is 7.94. The van der Waals surface area contributed by atoms with Crippen molar-refractivity contribution in [2.75, 3.05) is 7.11 Å². The van der Waals surface area contributed by atoms with Crippen molar-refractivity contribution in [1.82, 2.24) is 0 Å². The molecule has 3 heteroatoms. The number of nitrogens with zero attached hydrogens (tertiary/aromatic N) is 1. The molecule has 0 radical (unpaired) electrons. The van der Waals surface area contributed by atoms with Gasteiger partial charge in [0.1, 0.15) is 5.75 Å². The maximum atomic E-state index is 9.31. The van der Waals surface area contributed by atoms with Gasteiger partial charge in [0.05, 0.1) is 19.1 Å². The average molecular weight is 252 g/mol. The van der Waals surface area contributed by atoms with Gasteiger partial charge in [-0.3, -0.25) is 0 Å². The second-order valence-corrected chi connectivity index (χ2v) is 4.98. The van der Waals surface area contributed by atoms with Gasteiger partial charge in [-0.05, 0) is 37.0 Å². The van der Waals surface area contributed by atoms with E-state index < -0.39 is 0 Å². The number of ether oxygens (including phenoxy) is 1. The molecule has 92 valence electrons. The number of methoxy groups -OCH3 is 1. The largest absolute Gasteiger partial charge is 0.496 e. The molecule has 1 atom stereocenters. The van der Waals surface area contributed by atoms with Crippen molar-refractivity contribution in [2.45, 2.75) is 33.6 Å². The summed E-state index contributed by atoms with van der Waals surface area (Å²) in [5.74, 6) is 0.791. The Kier molecular flexibility index (Phi) is 4.42. The van der Waals surface area contributed by atoms with Gasteiger partial charge in [-0.15, -0.1) is 0 Å². The van der Waals surface area contributed by atoms with Crippen LogP contribution in [0.4, 0.5) is 0 Å². The van der Waals surface area contributed by atoms with Crippen molar-refractivity contribution in [3.63, 3.8) is 0 Å². The molecular formula is C14H18ClNO. The molecule has 0 aliphatic heterocycles. The first kappa shape index (κ1) is 13.9. The molecule has 0 fully saturated rings. The number of halogens is 1.